The van der Waals surface area contributed by atoms with Gasteiger partial charge in [0.2, 0.25) is 0 Å². The summed E-state index contributed by atoms with van der Waals surface area (Å²) in [6, 6.07) is 11.0. The van der Waals surface area contributed by atoms with Crippen molar-refractivity contribution in [3.05, 3.63) is 45.6 Å². The smallest absolute Gasteiger partial charge is 0.414 e. The summed E-state index contributed by atoms with van der Waals surface area (Å²) in [5.74, 6) is -0.0652. The zero-order valence-corrected chi connectivity index (χ0v) is 16.5. The fraction of sp³-hybridized carbons (Fsp3) is 0.316. The summed E-state index contributed by atoms with van der Waals surface area (Å²) in [7, 11) is 0. The molecule has 3 heterocycles. The molecule has 1 atom stereocenters. The monoisotopic (exact) mass is 419 g/mol. The first-order chi connectivity index (χ1) is 13.6. The molecule has 2 aromatic rings. The van der Waals surface area contributed by atoms with Gasteiger partial charge in [-0.15, -0.1) is 11.3 Å². The quantitative estimate of drug-likeness (QED) is 0.698. The number of benzene rings is 1. The summed E-state index contributed by atoms with van der Waals surface area (Å²) in [5, 5.41) is 0. The zero-order valence-electron chi connectivity index (χ0n) is 14.9. The number of nitrogens with zero attached hydrogens (tertiary/aromatic N) is 3. The molecule has 0 N–H and O–H groups in total. The summed E-state index contributed by atoms with van der Waals surface area (Å²) >= 11 is 7.34. The molecule has 2 fully saturated rings. The molecule has 1 aromatic carbocycles. The molecule has 4 rings (SSSR count). The molecule has 9 heteroatoms. The Hall–Kier alpha value is -2.42. The SMILES string of the molecule is O=C1COCCN1c1ccc(N2CC(CN=Cc3ccc(Cl)s3)OC2=O)cc1. The predicted octanol–water partition coefficient (Wildman–Crippen LogP) is 3.21. The van der Waals surface area contributed by atoms with E-state index in [0.29, 0.717) is 30.6 Å². The van der Waals surface area contributed by atoms with Gasteiger partial charge >= 0.3 is 6.09 Å². The highest BCUT2D eigenvalue weighted by Crippen LogP contribution is 2.26. The lowest BCUT2D eigenvalue weighted by atomic mass is 10.2. The molecule has 2 saturated heterocycles. The van der Waals surface area contributed by atoms with E-state index in [4.69, 9.17) is 21.1 Å². The summed E-state index contributed by atoms with van der Waals surface area (Å²) in [4.78, 5) is 32.7. The summed E-state index contributed by atoms with van der Waals surface area (Å²) in [5.41, 5.74) is 1.52. The molecule has 146 valence electrons. The van der Waals surface area contributed by atoms with Gasteiger partial charge in [-0.2, -0.15) is 0 Å². The van der Waals surface area contributed by atoms with Crippen LogP contribution in [-0.2, 0) is 14.3 Å². The van der Waals surface area contributed by atoms with Gasteiger partial charge in [0.05, 0.1) is 24.0 Å². The Morgan fingerprint density at radius 2 is 1.89 bits per heavy atom. The van der Waals surface area contributed by atoms with E-state index in [0.717, 1.165) is 16.3 Å². The zero-order chi connectivity index (χ0) is 19.5. The van der Waals surface area contributed by atoms with E-state index >= 15 is 0 Å². The molecule has 7 nitrogen and oxygen atoms in total. The van der Waals surface area contributed by atoms with E-state index in [1.54, 1.807) is 16.0 Å². The normalized spacial score (nSPS) is 20.2. The van der Waals surface area contributed by atoms with Crippen molar-refractivity contribution in [2.75, 3.05) is 42.6 Å². The third kappa shape index (κ3) is 4.19. The minimum absolute atomic E-state index is 0.0652. The first-order valence-corrected chi connectivity index (χ1v) is 10.0. The van der Waals surface area contributed by atoms with Crippen molar-refractivity contribution in [2.24, 2.45) is 4.99 Å². The van der Waals surface area contributed by atoms with Crippen molar-refractivity contribution in [2.45, 2.75) is 6.10 Å². The van der Waals surface area contributed by atoms with E-state index < -0.39 is 6.09 Å². The van der Waals surface area contributed by atoms with E-state index in [1.165, 1.54) is 11.3 Å². The van der Waals surface area contributed by atoms with Crippen LogP contribution in [0.2, 0.25) is 4.34 Å². The van der Waals surface area contributed by atoms with Crippen molar-refractivity contribution in [3.63, 3.8) is 0 Å². The van der Waals surface area contributed by atoms with Gasteiger partial charge in [-0.3, -0.25) is 14.7 Å². The third-order valence-corrected chi connectivity index (χ3v) is 5.62. The van der Waals surface area contributed by atoms with Crippen molar-refractivity contribution >= 4 is 52.5 Å². The Labute approximate surface area is 171 Å². The van der Waals surface area contributed by atoms with E-state index in [1.807, 2.05) is 36.4 Å². The molecule has 28 heavy (non-hydrogen) atoms. The number of carbonyl (C=O) groups excluding carboxylic acids is 2. The first kappa shape index (κ1) is 18.9. The maximum Gasteiger partial charge on any atom is 0.414 e. The van der Waals surface area contributed by atoms with Crippen LogP contribution in [0.5, 0.6) is 0 Å². The van der Waals surface area contributed by atoms with Gasteiger partial charge in [0, 0.05) is 29.0 Å². The topological polar surface area (TPSA) is 71.4 Å². The first-order valence-electron chi connectivity index (χ1n) is 8.81. The number of anilines is 2. The second kappa shape index (κ2) is 8.30. The van der Waals surface area contributed by atoms with Crippen LogP contribution < -0.4 is 9.80 Å². The summed E-state index contributed by atoms with van der Waals surface area (Å²) < 4.78 is 11.3. The largest absolute Gasteiger partial charge is 0.442 e. The Kier molecular flexibility index (Phi) is 5.61. The second-order valence-electron chi connectivity index (χ2n) is 6.37. The number of cyclic esters (lactones) is 1. The van der Waals surface area contributed by atoms with Crippen molar-refractivity contribution in [3.8, 4) is 0 Å². The number of amides is 2. The molecule has 0 aliphatic carbocycles. The maximum atomic E-state index is 12.2. The lowest BCUT2D eigenvalue weighted by Crippen LogP contribution is -2.41. The Balaban J connectivity index is 1.37. The average molecular weight is 420 g/mol. The van der Waals surface area contributed by atoms with Gasteiger partial charge in [-0.1, -0.05) is 11.6 Å². The minimum atomic E-state index is -0.394. The van der Waals surface area contributed by atoms with Crippen LogP contribution in [0.3, 0.4) is 0 Å². The molecule has 0 bridgehead atoms. The van der Waals surface area contributed by atoms with Crippen LogP contribution in [0.4, 0.5) is 16.2 Å². The minimum Gasteiger partial charge on any atom is -0.442 e. The highest BCUT2D eigenvalue weighted by molar-refractivity contribution is 7.17. The number of halogens is 1. The van der Waals surface area contributed by atoms with Crippen LogP contribution >= 0.6 is 22.9 Å². The van der Waals surface area contributed by atoms with Crippen LogP contribution in [0.25, 0.3) is 0 Å². The molecule has 2 aliphatic heterocycles. The predicted molar refractivity (Wildman–Crippen MR) is 109 cm³/mol. The highest BCUT2D eigenvalue weighted by atomic mass is 35.5. The number of aliphatic imine (C=N–C) groups is 1. The van der Waals surface area contributed by atoms with Gasteiger partial charge in [-0.25, -0.2) is 4.79 Å². The number of thiophene rings is 1. The van der Waals surface area contributed by atoms with Gasteiger partial charge in [-0.05, 0) is 36.4 Å². The fourth-order valence-corrected chi connectivity index (χ4v) is 4.04. The molecule has 2 aliphatic rings. The number of hydrogen-bond donors (Lipinski definition) is 0. The summed E-state index contributed by atoms with van der Waals surface area (Å²) in [6.07, 6.45) is 1.04. The second-order valence-corrected chi connectivity index (χ2v) is 8.11. The van der Waals surface area contributed by atoms with Crippen molar-refractivity contribution in [1.82, 2.24) is 0 Å². The van der Waals surface area contributed by atoms with Crippen LogP contribution in [0, 0.1) is 0 Å². The van der Waals surface area contributed by atoms with Crippen molar-refractivity contribution in [1.29, 1.82) is 0 Å². The Morgan fingerprint density at radius 1 is 1.14 bits per heavy atom. The average Bonchev–Trinajstić information content (AvgIpc) is 3.28. The Bertz CT molecular complexity index is 899. The van der Waals surface area contributed by atoms with Crippen molar-refractivity contribution < 1.29 is 19.1 Å². The number of rotatable bonds is 5. The standard InChI is InChI=1S/C19H18ClN3O4S/c20-17-6-5-16(28-17)10-21-9-15-11-23(19(25)27-15)14-3-1-13(2-4-14)22-7-8-26-12-18(22)24/h1-6,10,15H,7-9,11-12H2. The van der Waals surface area contributed by atoms with E-state index in [2.05, 4.69) is 4.99 Å². The van der Waals surface area contributed by atoms with Crippen LogP contribution in [-0.4, -0.2) is 57.2 Å². The molecule has 0 radical (unpaired) electrons. The van der Waals surface area contributed by atoms with E-state index in [-0.39, 0.29) is 18.6 Å². The van der Waals surface area contributed by atoms with Crippen LogP contribution in [0.1, 0.15) is 4.88 Å². The maximum absolute atomic E-state index is 12.2. The molecule has 1 aromatic heterocycles. The molecule has 2 amide bonds. The lowest BCUT2D eigenvalue weighted by Gasteiger charge is -2.27. The molecular weight excluding hydrogens is 402 g/mol. The van der Waals surface area contributed by atoms with Gasteiger partial charge < -0.3 is 14.4 Å². The molecule has 0 spiro atoms. The fourth-order valence-electron chi connectivity index (χ4n) is 3.09. The highest BCUT2D eigenvalue weighted by Gasteiger charge is 2.32. The van der Waals surface area contributed by atoms with Crippen LogP contribution in [0.15, 0.2) is 41.4 Å². The molecule has 0 saturated carbocycles. The van der Waals surface area contributed by atoms with Gasteiger partial charge in [0.1, 0.15) is 12.7 Å². The third-order valence-electron chi connectivity index (χ3n) is 4.45. The number of carbonyl (C=O) groups is 2. The number of ether oxygens (including phenoxy) is 2. The number of hydrogen-bond acceptors (Lipinski definition) is 6. The molecular formula is C19H18ClN3O4S. The van der Waals surface area contributed by atoms with Gasteiger partial charge in [0.15, 0.2) is 0 Å². The summed E-state index contributed by atoms with van der Waals surface area (Å²) in [6.45, 7) is 1.96. The van der Waals surface area contributed by atoms with E-state index in [9.17, 15) is 9.59 Å². The number of morpholine rings is 1. The van der Waals surface area contributed by atoms with Gasteiger partial charge in [0.25, 0.3) is 5.91 Å². The lowest BCUT2D eigenvalue weighted by molar-refractivity contribution is -0.125. The Morgan fingerprint density at radius 3 is 2.57 bits per heavy atom. The molecule has 1 unspecified atom stereocenters.